The first kappa shape index (κ1) is 13.8. The van der Waals surface area contributed by atoms with Crippen molar-refractivity contribution in [3.05, 3.63) is 45.0 Å². The Morgan fingerprint density at radius 1 is 1.44 bits per heavy atom. The highest BCUT2D eigenvalue weighted by Gasteiger charge is 1.97. The van der Waals surface area contributed by atoms with Crippen LogP contribution in [-0.4, -0.2) is 13.2 Å². The first-order chi connectivity index (χ1) is 8.84. The minimum Gasteiger partial charge on any atom is -0.467 e. The summed E-state index contributed by atoms with van der Waals surface area (Å²) in [5, 5.41) is 5.50. The van der Waals surface area contributed by atoms with Crippen LogP contribution >= 0.6 is 27.3 Å². The van der Waals surface area contributed by atoms with E-state index in [1.54, 1.807) is 17.6 Å². The van der Waals surface area contributed by atoms with Crippen molar-refractivity contribution in [3.8, 4) is 0 Å². The Labute approximate surface area is 119 Å². The lowest BCUT2D eigenvalue weighted by Gasteiger charge is -2.04. The van der Waals surface area contributed by atoms with Gasteiger partial charge in [-0.2, -0.15) is 0 Å². The Bertz CT molecular complexity index is 442. The van der Waals surface area contributed by atoms with Crippen LogP contribution in [0.5, 0.6) is 0 Å². The van der Waals surface area contributed by atoms with Crippen molar-refractivity contribution in [1.29, 1.82) is 0 Å². The third-order valence-electron chi connectivity index (χ3n) is 2.39. The second-order valence-corrected chi connectivity index (χ2v) is 5.80. The van der Waals surface area contributed by atoms with Crippen molar-refractivity contribution in [2.24, 2.45) is 0 Å². The van der Waals surface area contributed by atoms with Gasteiger partial charge in [-0.05, 0) is 47.1 Å². The van der Waals surface area contributed by atoms with Gasteiger partial charge in [-0.15, -0.1) is 11.3 Å². The maximum atomic E-state index is 5.50. The molecular formula is C13H16BrNO2S. The zero-order chi connectivity index (χ0) is 12.6. The van der Waals surface area contributed by atoms with Crippen LogP contribution in [0.4, 0.5) is 0 Å². The van der Waals surface area contributed by atoms with Crippen LogP contribution in [0, 0.1) is 0 Å². The van der Waals surface area contributed by atoms with Gasteiger partial charge in [0.25, 0.3) is 0 Å². The average molecular weight is 330 g/mol. The molecule has 0 radical (unpaired) electrons. The third-order valence-corrected chi connectivity index (χ3v) is 4.09. The first-order valence-corrected chi connectivity index (χ1v) is 7.55. The van der Waals surface area contributed by atoms with E-state index in [0.717, 1.165) is 36.4 Å². The van der Waals surface area contributed by atoms with Gasteiger partial charge in [0.05, 0.1) is 6.26 Å². The van der Waals surface area contributed by atoms with Crippen molar-refractivity contribution < 1.29 is 9.15 Å². The monoisotopic (exact) mass is 329 g/mol. The highest BCUT2D eigenvalue weighted by Crippen LogP contribution is 2.19. The van der Waals surface area contributed by atoms with Crippen LogP contribution in [0.3, 0.4) is 0 Å². The highest BCUT2D eigenvalue weighted by atomic mass is 79.9. The number of nitrogens with one attached hydrogen (secondary N) is 1. The normalized spacial score (nSPS) is 10.9. The van der Waals surface area contributed by atoms with E-state index in [9.17, 15) is 0 Å². The molecule has 0 amide bonds. The van der Waals surface area contributed by atoms with Gasteiger partial charge in [-0.1, -0.05) is 0 Å². The fourth-order valence-corrected chi connectivity index (χ4v) is 2.95. The summed E-state index contributed by atoms with van der Waals surface area (Å²) in [6.07, 6.45) is 2.67. The lowest BCUT2D eigenvalue weighted by Crippen LogP contribution is -2.15. The Kier molecular flexibility index (Phi) is 5.93. The SMILES string of the molecule is Brc1csc(CNCCCOCc2ccco2)c1. The quantitative estimate of drug-likeness (QED) is 0.748. The number of furan rings is 1. The van der Waals surface area contributed by atoms with Gasteiger partial charge in [0, 0.05) is 27.9 Å². The number of thiophene rings is 1. The van der Waals surface area contributed by atoms with E-state index in [1.807, 2.05) is 12.1 Å². The molecule has 3 nitrogen and oxygen atoms in total. The molecule has 0 spiro atoms. The smallest absolute Gasteiger partial charge is 0.129 e. The molecule has 2 heterocycles. The number of rotatable bonds is 8. The molecule has 0 saturated heterocycles. The zero-order valence-electron chi connectivity index (χ0n) is 10.0. The standard InChI is InChI=1S/C13H16BrNO2S/c14-11-7-13(18-10-11)8-15-4-2-5-16-9-12-3-1-6-17-12/h1,3,6-7,10,15H,2,4-5,8-9H2. The summed E-state index contributed by atoms with van der Waals surface area (Å²) < 4.78 is 11.8. The fraction of sp³-hybridized carbons (Fsp3) is 0.385. The van der Waals surface area contributed by atoms with Crippen molar-refractivity contribution >= 4 is 27.3 Å². The molecule has 0 aliphatic heterocycles. The van der Waals surface area contributed by atoms with Crippen LogP contribution in [0.2, 0.25) is 0 Å². The van der Waals surface area contributed by atoms with Crippen LogP contribution in [-0.2, 0) is 17.9 Å². The molecule has 2 aromatic rings. The number of hydrogen-bond donors (Lipinski definition) is 1. The van der Waals surface area contributed by atoms with E-state index in [4.69, 9.17) is 9.15 Å². The molecule has 98 valence electrons. The maximum Gasteiger partial charge on any atom is 0.129 e. The minimum atomic E-state index is 0.560. The second-order valence-electron chi connectivity index (χ2n) is 3.89. The van der Waals surface area contributed by atoms with Gasteiger partial charge in [0.1, 0.15) is 12.4 Å². The summed E-state index contributed by atoms with van der Waals surface area (Å²) in [5.41, 5.74) is 0. The molecule has 0 saturated carbocycles. The van der Waals surface area contributed by atoms with E-state index in [-0.39, 0.29) is 0 Å². The lowest BCUT2D eigenvalue weighted by molar-refractivity contribution is 0.104. The molecule has 0 aromatic carbocycles. The first-order valence-electron chi connectivity index (χ1n) is 5.88. The van der Waals surface area contributed by atoms with E-state index in [1.165, 1.54) is 4.88 Å². The molecule has 2 rings (SSSR count). The summed E-state index contributed by atoms with van der Waals surface area (Å²) in [7, 11) is 0. The summed E-state index contributed by atoms with van der Waals surface area (Å²) in [6.45, 7) is 3.20. The van der Waals surface area contributed by atoms with Gasteiger partial charge in [0.15, 0.2) is 0 Å². The van der Waals surface area contributed by atoms with Gasteiger partial charge in [-0.3, -0.25) is 0 Å². The molecule has 5 heteroatoms. The maximum absolute atomic E-state index is 5.50. The molecule has 2 aromatic heterocycles. The molecular weight excluding hydrogens is 314 g/mol. The van der Waals surface area contributed by atoms with Crippen molar-refractivity contribution in [1.82, 2.24) is 5.32 Å². The number of ether oxygens (including phenoxy) is 1. The number of hydrogen-bond acceptors (Lipinski definition) is 4. The third kappa shape index (κ3) is 4.94. The van der Waals surface area contributed by atoms with E-state index >= 15 is 0 Å². The highest BCUT2D eigenvalue weighted by molar-refractivity contribution is 9.10. The average Bonchev–Trinajstić information content (AvgIpc) is 3.00. The minimum absolute atomic E-state index is 0.560. The van der Waals surface area contributed by atoms with E-state index < -0.39 is 0 Å². The molecule has 0 fully saturated rings. The Morgan fingerprint density at radius 2 is 2.39 bits per heavy atom. The summed E-state index contributed by atoms with van der Waals surface area (Å²) >= 11 is 5.21. The predicted molar refractivity (Wildman–Crippen MR) is 76.7 cm³/mol. The molecule has 18 heavy (non-hydrogen) atoms. The Hall–Kier alpha value is -0.620. The fourth-order valence-electron chi connectivity index (χ4n) is 1.52. The van der Waals surface area contributed by atoms with Gasteiger partial charge in [0.2, 0.25) is 0 Å². The Balaban J connectivity index is 1.46. The Morgan fingerprint density at radius 3 is 3.11 bits per heavy atom. The van der Waals surface area contributed by atoms with Crippen LogP contribution in [0.25, 0.3) is 0 Å². The molecule has 1 N–H and O–H groups in total. The zero-order valence-corrected chi connectivity index (χ0v) is 12.4. The van der Waals surface area contributed by atoms with Gasteiger partial charge in [-0.25, -0.2) is 0 Å². The molecule has 0 unspecified atom stereocenters. The topological polar surface area (TPSA) is 34.4 Å². The molecule has 0 aliphatic rings. The predicted octanol–water partition coefficient (Wildman–Crippen LogP) is 3.80. The van der Waals surface area contributed by atoms with E-state index in [0.29, 0.717) is 6.61 Å². The van der Waals surface area contributed by atoms with E-state index in [2.05, 4.69) is 32.7 Å². The number of halogens is 1. The summed E-state index contributed by atoms with van der Waals surface area (Å²) in [5.74, 6) is 0.881. The van der Waals surface area contributed by atoms with Crippen molar-refractivity contribution in [2.75, 3.05) is 13.2 Å². The summed E-state index contributed by atoms with van der Waals surface area (Å²) in [6, 6.07) is 5.94. The van der Waals surface area contributed by atoms with Gasteiger partial charge < -0.3 is 14.5 Å². The van der Waals surface area contributed by atoms with Crippen LogP contribution in [0.1, 0.15) is 17.1 Å². The lowest BCUT2D eigenvalue weighted by atomic mass is 10.4. The van der Waals surface area contributed by atoms with Crippen LogP contribution < -0.4 is 5.32 Å². The second kappa shape index (κ2) is 7.74. The van der Waals surface area contributed by atoms with Crippen molar-refractivity contribution in [2.45, 2.75) is 19.6 Å². The van der Waals surface area contributed by atoms with Gasteiger partial charge >= 0.3 is 0 Å². The molecule has 0 aliphatic carbocycles. The van der Waals surface area contributed by atoms with Crippen molar-refractivity contribution in [3.63, 3.8) is 0 Å². The molecule has 0 bridgehead atoms. The largest absolute Gasteiger partial charge is 0.467 e. The summed E-state index contributed by atoms with van der Waals surface area (Å²) in [4.78, 5) is 1.35. The van der Waals surface area contributed by atoms with Crippen LogP contribution in [0.15, 0.2) is 38.7 Å². The molecule has 0 atom stereocenters.